The lowest BCUT2D eigenvalue weighted by Crippen LogP contribution is -2.10. The summed E-state index contributed by atoms with van der Waals surface area (Å²) in [7, 11) is 1.75. The van der Waals surface area contributed by atoms with Crippen LogP contribution in [0.25, 0.3) is 0 Å². The molecule has 0 unspecified atom stereocenters. The lowest BCUT2D eigenvalue weighted by Gasteiger charge is -2.01. The minimum absolute atomic E-state index is 0.119. The molecule has 0 fully saturated rings. The third-order valence-corrected chi connectivity index (χ3v) is 3.08. The third kappa shape index (κ3) is 1.87. The van der Waals surface area contributed by atoms with Crippen molar-refractivity contribution in [1.82, 2.24) is 9.78 Å². The molecule has 0 bridgehead atoms. The second-order valence-electron chi connectivity index (χ2n) is 2.26. The molecule has 1 amide bonds. The highest BCUT2D eigenvalue weighted by Crippen LogP contribution is 2.29. The SMILES string of the molecule is CC(=O)Nc1c(Br)c(Br)nn1C. The average molecular weight is 297 g/mol. The predicted octanol–water partition coefficient (Wildman–Crippen LogP) is 1.90. The molecule has 12 heavy (non-hydrogen) atoms. The van der Waals surface area contributed by atoms with Gasteiger partial charge in [0, 0.05) is 14.0 Å². The molecular weight excluding hydrogens is 290 g/mol. The Morgan fingerprint density at radius 2 is 2.17 bits per heavy atom. The smallest absolute Gasteiger partial charge is 0.222 e. The highest BCUT2D eigenvalue weighted by molar-refractivity contribution is 9.13. The van der Waals surface area contributed by atoms with Crippen molar-refractivity contribution >= 4 is 43.6 Å². The Hall–Kier alpha value is -0.360. The molecule has 4 nitrogen and oxygen atoms in total. The lowest BCUT2D eigenvalue weighted by atomic mass is 10.6. The van der Waals surface area contributed by atoms with E-state index in [9.17, 15) is 4.79 Å². The lowest BCUT2D eigenvalue weighted by molar-refractivity contribution is -0.114. The topological polar surface area (TPSA) is 46.9 Å². The van der Waals surface area contributed by atoms with Gasteiger partial charge in [0.15, 0.2) is 0 Å². The standard InChI is InChI=1S/C6H7Br2N3O/c1-3(12)9-6-4(7)5(8)10-11(6)2/h1-2H3,(H,9,12). The van der Waals surface area contributed by atoms with E-state index < -0.39 is 0 Å². The van der Waals surface area contributed by atoms with Crippen LogP contribution in [0.3, 0.4) is 0 Å². The number of nitrogens with zero attached hydrogens (tertiary/aromatic N) is 2. The fourth-order valence-corrected chi connectivity index (χ4v) is 1.63. The summed E-state index contributed by atoms with van der Waals surface area (Å²) in [5, 5.41) is 6.68. The Kier molecular flexibility index (Phi) is 2.89. The molecule has 1 aromatic rings. The zero-order valence-corrected chi connectivity index (χ0v) is 9.73. The van der Waals surface area contributed by atoms with Gasteiger partial charge >= 0.3 is 0 Å². The maximum atomic E-state index is 10.7. The maximum absolute atomic E-state index is 10.7. The highest BCUT2D eigenvalue weighted by atomic mass is 79.9. The Bertz CT molecular complexity index is 321. The van der Waals surface area contributed by atoms with Gasteiger partial charge in [-0.1, -0.05) is 0 Å². The quantitative estimate of drug-likeness (QED) is 0.860. The van der Waals surface area contributed by atoms with Gasteiger partial charge in [0.05, 0.1) is 4.47 Å². The first-order valence-electron chi connectivity index (χ1n) is 3.18. The van der Waals surface area contributed by atoms with Gasteiger partial charge in [-0.05, 0) is 31.9 Å². The van der Waals surface area contributed by atoms with Gasteiger partial charge in [-0.3, -0.25) is 9.48 Å². The molecule has 66 valence electrons. The summed E-state index contributed by atoms with van der Waals surface area (Å²) in [6.45, 7) is 1.45. The van der Waals surface area contributed by atoms with Crippen LogP contribution in [-0.4, -0.2) is 15.7 Å². The van der Waals surface area contributed by atoms with Gasteiger partial charge in [-0.25, -0.2) is 0 Å². The summed E-state index contributed by atoms with van der Waals surface area (Å²) in [6.07, 6.45) is 0. The zero-order chi connectivity index (χ0) is 9.30. The van der Waals surface area contributed by atoms with Crippen LogP contribution in [-0.2, 0) is 11.8 Å². The van der Waals surface area contributed by atoms with Crippen LogP contribution in [0.5, 0.6) is 0 Å². The summed E-state index contributed by atoms with van der Waals surface area (Å²) in [6, 6.07) is 0. The number of halogens is 2. The molecule has 6 heteroatoms. The Morgan fingerprint density at radius 3 is 2.50 bits per heavy atom. The number of carbonyl (C=O) groups excluding carboxylic acids is 1. The molecular formula is C6H7Br2N3O. The number of rotatable bonds is 1. The average Bonchev–Trinajstić information content (AvgIpc) is 2.16. The van der Waals surface area contributed by atoms with Gasteiger partial charge in [-0.2, -0.15) is 5.10 Å². The zero-order valence-electron chi connectivity index (χ0n) is 6.56. The van der Waals surface area contributed by atoms with E-state index in [1.165, 1.54) is 6.92 Å². The molecule has 1 heterocycles. The van der Waals surface area contributed by atoms with Gasteiger partial charge in [0.25, 0.3) is 0 Å². The molecule has 0 saturated carbocycles. The van der Waals surface area contributed by atoms with Crippen molar-refractivity contribution in [3.05, 3.63) is 9.08 Å². The van der Waals surface area contributed by atoms with Crippen molar-refractivity contribution in [2.24, 2.45) is 7.05 Å². The van der Waals surface area contributed by atoms with Crippen molar-refractivity contribution in [1.29, 1.82) is 0 Å². The second kappa shape index (κ2) is 3.57. The predicted molar refractivity (Wildman–Crippen MR) is 52.9 cm³/mol. The Labute approximate surface area is 86.6 Å². The molecule has 0 atom stereocenters. The second-order valence-corrected chi connectivity index (χ2v) is 3.80. The molecule has 0 aliphatic carbocycles. The van der Waals surface area contributed by atoms with E-state index in [0.717, 1.165) is 4.47 Å². The van der Waals surface area contributed by atoms with Crippen LogP contribution in [0.2, 0.25) is 0 Å². The van der Waals surface area contributed by atoms with E-state index >= 15 is 0 Å². The Balaban J connectivity index is 3.05. The summed E-state index contributed by atoms with van der Waals surface area (Å²) in [5.41, 5.74) is 0. The van der Waals surface area contributed by atoms with Crippen LogP contribution >= 0.6 is 31.9 Å². The normalized spacial score (nSPS) is 10.0. The molecule has 0 aromatic carbocycles. The van der Waals surface area contributed by atoms with Crippen LogP contribution < -0.4 is 5.32 Å². The highest BCUT2D eigenvalue weighted by Gasteiger charge is 2.11. The molecule has 1 aromatic heterocycles. The van der Waals surface area contributed by atoms with Crippen molar-refractivity contribution in [3.8, 4) is 0 Å². The molecule has 0 spiro atoms. The summed E-state index contributed by atoms with van der Waals surface area (Å²) in [5.74, 6) is 0.528. The minimum Gasteiger partial charge on any atom is -0.310 e. The summed E-state index contributed by atoms with van der Waals surface area (Å²) < 4.78 is 3.00. The molecule has 0 aliphatic heterocycles. The fourth-order valence-electron chi connectivity index (χ4n) is 0.768. The Morgan fingerprint density at radius 1 is 1.58 bits per heavy atom. The first-order chi connectivity index (χ1) is 5.52. The van der Waals surface area contributed by atoms with Crippen LogP contribution in [0.4, 0.5) is 5.82 Å². The van der Waals surface area contributed by atoms with Crippen LogP contribution in [0.15, 0.2) is 9.08 Å². The van der Waals surface area contributed by atoms with E-state index in [1.807, 2.05) is 0 Å². The number of hydrogen-bond acceptors (Lipinski definition) is 2. The first kappa shape index (κ1) is 9.73. The van der Waals surface area contributed by atoms with Gasteiger partial charge in [-0.15, -0.1) is 0 Å². The van der Waals surface area contributed by atoms with E-state index in [4.69, 9.17) is 0 Å². The summed E-state index contributed by atoms with van der Waals surface area (Å²) >= 11 is 6.51. The van der Waals surface area contributed by atoms with Crippen LogP contribution in [0, 0.1) is 0 Å². The van der Waals surface area contributed by atoms with Crippen molar-refractivity contribution in [2.45, 2.75) is 6.92 Å². The van der Waals surface area contributed by atoms with Crippen molar-refractivity contribution < 1.29 is 4.79 Å². The van der Waals surface area contributed by atoms with Crippen molar-refractivity contribution in [2.75, 3.05) is 5.32 Å². The summed E-state index contributed by atoms with van der Waals surface area (Å²) in [4.78, 5) is 10.7. The van der Waals surface area contributed by atoms with E-state index in [2.05, 4.69) is 42.3 Å². The van der Waals surface area contributed by atoms with E-state index in [1.54, 1.807) is 11.7 Å². The van der Waals surface area contributed by atoms with E-state index in [0.29, 0.717) is 10.4 Å². The maximum Gasteiger partial charge on any atom is 0.222 e. The fraction of sp³-hybridized carbons (Fsp3) is 0.333. The number of carbonyl (C=O) groups is 1. The molecule has 1 N–H and O–H groups in total. The van der Waals surface area contributed by atoms with Crippen molar-refractivity contribution in [3.63, 3.8) is 0 Å². The monoisotopic (exact) mass is 295 g/mol. The number of nitrogens with one attached hydrogen (secondary N) is 1. The first-order valence-corrected chi connectivity index (χ1v) is 4.76. The third-order valence-electron chi connectivity index (χ3n) is 1.24. The minimum atomic E-state index is -0.119. The van der Waals surface area contributed by atoms with Gasteiger partial charge in [0.1, 0.15) is 10.4 Å². The van der Waals surface area contributed by atoms with Gasteiger partial charge in [0.2, 0.25) is 5.91 Å². The molecule has 0 saturated heterocycles. The molecule has 0 aliphatic rings. The van der Waals surface area contributed by atoms with Gasteiger partial charge < -0.3 is 5.32 Å². The number of amides is 1. The van der Waals surface area contributed by atoms with E-state index in [-0.39, 0.29) is 5.91 Å². The number of aryl methyl sites for hydroxylation is 1. The molecule has 0 radical (unpaired) electrons. The van der Waals surface area contributed by atoms with Crippen LogP contribution in [0.1, 0.15) is 6.92 Å². The number of anilines is 1. The number of aromatic nitrogens is 2. The largest absolute Gasteiger partial charge is 0.310 e. The molecule has 1 rings (SSSR count). The number of hydrogen-bond donors (Lipinski definition) is 1.